The highest BCUT2D eigenvalue weighted by molar-refractivity contribution is 7.99. The summed E-state index contributed by atoms with van der Waals surface area (Å²) in [6.07, 6.45) is 0. The van der Waals surface area contributed by atoms with Gasteiger partial charge < -0.3 is 10.1 Å². The monoisotopic (exact) mass is 411 g/mol. The molecule has 0 unspecified atom stereocenters. The summed E-state index contributed by atoms with van der Waals surface area (Å²) >= 11 is 1.63. The second-order valence-electron chi connectivity index (χ2n) is 6.10. The van der Waals surface area contributed by atoms with E-state index < -0.39 is 12.6 Å². The third-order valence-electron chi connectivity index (χ3n) is 4.13. The van der Waals surface area contributed by atoms with Crippen LogP contribution in [0.25, 0.3) is 10.8 Å². The molecule has 1 N–H and O–H groups in total. The van der Waals surface area contributed by atoms with Gasteiger partial charge in [0, 0.05) is 29.1 Å². The predicted octanol–water partition coefficient (Wildman–Crippen LogP) is 2.48. The van der Waals surface area contributed by atoms with Gasteiger partial charge in [-0.1, -0.05) is 36.4 Å². The van der Waals surface area contributed by atoms with Crippen molar-refractivity contribution in [1.82, 2.24) is 15.1 Å². The van der Waals surface area contributed by atoms with E-state index in [9.17, 15) is 14.4 Å². The van der Waals surface area contributed by atoms with Crippen molar-refractivity contribution in [2.45, 2.75) is 18.4 Å². The van der Waals surface area contributed by atoms with Crippen LogP contribution in [-0.4, -0.2) is 40.6 Å². The van der Waals surface area contributed by atoms with Gasteiger partial charge in [-0.15, -0.1) is 11.8 Å². The second-order valence-corrected chi connectivity index (χ2v) is 7.27. The molecule has 8 heteroatoms. The maximum atomic E-state index is 12.5. The zero-order valence-electron chi connectivity index (χ0n) is 16.0. The van der Waals surface area contributed by atoms with Crippen molar-refractivity contribution in [3.05, 3.63) is 70.6 Å². The number of amides is 1. The molecule has 0 fully saturated rings. The van der Waals surface area contributed by atoms with E-state index in [4.69, 9.17) is 4.74 Å². The number of fused-ring (bicyclic) bond motifs is 1. The molecule has 0 spiro atoms. The number of nitrogens with one attached hydrogen (secondary N) is 1. The average molecular weight is 411 g/mol. The molecule has 2 aromatic carbocycles. The molecule has 3 rings (SSSR count). The van der Waals surface area contributed by atoms with Crippen LogP contribution >= 0.6 is 11.8 Å². The quantitative estimate of drug-likeness (QED) is 0.348. The first-order chi connectivity index (χ1) is 14.1. The minimum absolute atomic E-state index is 0.0227. The normalized spacial score (nSPS) is 10.7. The highest BCUT2D eigenvalue weighted by atomic mass is 32.2. The van der Waals surface area contributed by atoms with Crippen molar-refractivity contribution >= 4 is 34.4 Å². The minimum Gasteiger partial charge on any atom is -0.451 e. The van der Waals surface area contributed by atoms with Crippen LogP contribution in [0, 0.1) is 0 Å². The van der Waals surface area contributed by atoms with Crippen LogP contribution in [0.5, 0.6) is 0 Å². The number of nitrogens with zero attached hydrogens (tertiary/aromatic N) is 2. The number of rotatable bonds is 8. The van der Waals surface area contributed by atoms with Gasteiger partial charge in [-0.3, -0.25) is 9.59 Å². The van der Waals surface area contributed by atoms with Crippen LogP contribution in [0.3, 0.4) is 0 Å². The van der Waals surface area contributed by atoms with Crippen LogP contribution in [0.15, 0.2) is 64.3 Å². The van der Waals surface area contributed by atoms with Crippen LogP contribution < -0.4 is 10.9 Å². The van der Waals surface area contributed by atoms with Crippen molar-refractivity contribution in [2.24, 2.45) is 0 Å². The molecule has 0 radical (unpaired) electrons. The lowest BCUT2D eigenvalue weighted by atomic mass is 10.1. The van der Waals surface area contributed by atoms with E-state index in [0.717, 1.165) is 4.90 Å². The summed E-state index contributed by atoms with van der Waals surface area (Å²) in [5.74, 6) is -0.422. The molecular formula is C21H21N3O4S. The fraction of sp³-hybridized carbons (Fsp3) is 0.238. The number of carbonyl (C=O) groups excluding carboxylic acids is 2. The molecule has 7 nitrogen and oxygen atoms in total. The maximum absolute atomic E-state index is 12.5. The Morgan fingerprint density at radius 2 is 1.76 bits per heavy atom. The Bertz CT molecular complexity index is 1070. The van der Waals surface area contributed by atoms with Gasteiger partial charge in [0.1, 0.15) is 0 Å². The van der Waals surface area contributed by atoms with Gasteiger partial charge in [-0.2, -0.15) is 5.10 Å². The molecule has 29 heavy (non-hydrogen) atoms. The molecule has 0 saturated heterocycles. The third kappa shape index (κ3) is 5.23. The molecule has 0 bridgehead atoms. The molecule has 0 aliphatic carbocycles. The predicted molar refractivity (Wildman–Crippen MR) is 112 cm³/mol. The largest absolute Gasteiger partial charge is 0.451 e. The number of thioether (sulfide) groups is 1. The van der Waals surface area contributed by atoms with E-state index in [2.05, 4.69) is 10.4 Å². The Labute approximate surface area is 172 Å². The first kappa shape index (κ1) is 20.6. The van der Waals surface area contributed by atoms with Gasteiger partial charge in [-0.05, 0) is 25.1 Å². The molecule has 0 aliphatic heterocycles. The van der Waals surface area contributed by atoms with Crippen LogP contribution in [-0.2, 0) is 16.1 Å². The number of hydrogen-bond donors (Lipinski definition) is 1. The Morgan fingerprint density at radius 1 is 1.07 bits per heavy atom. The number of hydrogen-bond acceptors (Lipinski definition) is 6. The average Bonchev–Trinajstić information content (AvgIpc) is 2.76. The second kappa shape index (κ2) is 9.88. The van der Waals surface area contributed by atoms with Crippen LogP contribution in [0.1, 0.15) is 17.4 Å². The summed E-state index contributed by atoms with van der Waals surface area (Å²) in [7, 11) is 0. The first-order valence-electron chi connectivity index (χ1n) is 9.21. The summed E-state index contributed by atoms with van der Waals surface area (Å²) in [6.45, 7) is 2.14. The summed E-state index contributed by atoms with van der Waals surface area (Å²) in [5.41, 5.74) is -0.247. The van der Waals surface area contributed by atoms with Crippen LogP contribution in [0.2, 0.25) is 0 Å². The van der Waals surface area contributed by atoms with Gasteiger partial charge in [0.2, 0.25) is 0 Å². The number of ether oxygens (including phenoxy) is 1. The van der Waals surface area contributed by atoms with E-state index in [0.29, 0.717) is 29.6 Å². The van der Waals surface area contributed by atoms with Gasteiger partial charge in [-0.25, -0.2) is 9.48 Å². The van der Waals surface area contributed by atoms with E-state index in [1.165, 1.54) is 4.68 Å². The minimum atomic E-state index is -0.739. The van der Waals surface area contributed by atoms with Crippen molar-refractivity contribution in [1.29, 1.82) is 0 Å². The molecule has 0 aliphatic rings. The molecule has 150 valence electrons. The molecule has 0 saturated carbocycles. The van der Waals surface area contributed by atoms with E-state index in [-0.39, 0.29) is 17.2 Å². The fourth-order valence-corrected chi connectivity index (χ4v) is 3.52. The Kier molecular flexibility index (Phi) is 7.02. The third-order valence-corrected chi connectivity index (χ3v) is 5.14. The molecular weight excluding hydrogens is 390 g/mol. The topological polar surface area (TPSA) is 90.3 Å². The molecule has 1 amide bonds. The summed E-state index contributed by atoms with van der Waals surface area (Å²) in [4.78, 5) is 37.9. The smallest absolute Gasteiger partial charge is 0.359 e. The van der Waals surface area contributed by atoms with Crippen molar-refractivity contribution < 1.29 is 14.3 Å². The summed E-state index contributed by atoms with van der Waals surface area (Å²) in [5, 5.41) is 7.61. The SMILES string of the molecule is CCn1nc(C(=O)OCC(=O)NCCSc2ccccc2)c2ccccc2c1=O. The van der Waals surface area contributed by atoms with E-state index in [1.807, 2.05) is 30.3 Å². The molecule has 0 atom stereocenters. The Morgan fingerprint density at radius 3 is 2.48 bits per heavy atom. The van der Waals surface area contributed by atoms with Crippen LogP contribution in [0.4, 0.5) is 0 Å². The number of carbonyl (C=O) groups is 2. The lowest BCUT2D eigenvalue weighted by Gasteiger charge is -2.10. The summed E-state index contributed by atoms with van der Waals surface area (Å²) in [6, 6.07) is 16.6. The van der Waals surface area contributed by atoms with E-state index >= 15 is 0 Å². The lowest BCUT2D eigenvalue weighted by molar-refractivity contribution is -0.124. The first-order valence-corrected chi connectivity index (χ1v) is 10.2. The van der Waals surface area contributed by atoms with E-state index in [1.54, 1.807) is 43.0 Å². The van der Waals surface area contributed by atoms with Gasteiger partial charge in [0.15, 0.2) is 12.3 Å². The Balaban J connectivity index is 1.56. The zero-order chi connectivity index (χ0) is 20.6. The van der Waals surface area contributed by atoms with Gasteiger partial charge in [0.05, 0.1) is 5.39 Å². The lowest BCUT2D eigenvalue weighted by Crippen LogP contribution is -2.31. The molecule has 1 heterocycles. The zero-order valence-corrected chi connectivity index (χ0v) is 16.8. The van der Waals surface area contributed by atoms with Gasteiger partial charge >= 0.3 is 5.97 Å². The highest BCUT2D eigenvalue weighted by Gasteiger charge is 2.18. The molecule has 3 aromatic rings. The Hall–Kier alpha value is -3.13. The fourth-order valence-electron chi connectivity index (χ4n) is 2.73. The van der Waals surface area contributed by atoms with Crippen molar-refractivity contribution in [2.75, 3.05) is 18.9 Å². The van der Waals surface area contributed by atoms with Gasteiger partial charge in [0.25, 0.3) is 11.5 Å². The number of aromatic nitrogens is 2. The molecule has 1 aromatic heterocycles. The maximum Gasteiger partial charge on any atom is 0.359 e. The number of benzene rings is 2. The highest BCUT2D eigenvalue weighted by Crippen LogP contribution is 2.16. The van der Waals surface area contributed by atoms with Crippen molar-refractivity contribution in [3.63, 3.8) is 0 Å². The number of aryl methyl sites for hydroxylation is 1. The summed E-state index contributed by atoms with van der Waals surface area (Å²) < 4.78 is 6.33. The van der Waals surface area contributed by atoms with Crippen molar-refractivity contribution in [3.8, 4) is 0 Å². The standard InChI is InChI=1S/C21H21N3O4S/c1-2-24-20(26)17-11-7-6-10-16(17)19(23-24)21(27)28-14-18(25)22-12-13-29-15-8-4-3-5-9-15/h3-11H,2,12-14H2,1H3,(H,22,25). The number of esters is 1.